The highest BCUT2D eigenvalue weighted by atomic mass is 32.2. The van der Waals surface area contributed by atoms with Gasteiger partial charge < -0.3 is 0 Å². The van der Waals surface area contributed by atoms with Crippen LogP contribution in [0.2, 0.25) is 0 Å². The van der Waals surface area contributed by atoms with E-state index in [2.05, 4.69) is 39.2 Å². The SMILES string of the molecule is Cc1cc(C)n(-c2nnc3ncc(SC(C)C)n3n2)n1. The summed E-state index contributed by atoms with van der Waals surface area (Å²) in [6.07, 6.45) is 1.77. The Morgan fingerprint density at radius 1 is 1.15 bits per heavy atom. The topological polar surface area (TPSA) is 73.8 Å². The number of rotatable bonds is 3. The molecular formula is C12H15N7S. The van der Waals surface area contributed by atoms with E-state index >= 15 is 0 Å². The summed E-state index contributed by atoms with van der Waals surface area (Å²) in [5.74, 6) is 0.949. The molecular weight excluding hydrogens is 274 g/mol. The summed E-state index contributed by atoms with van der Waals surface area (Å²) >= 11 is 1.69. The standard InChI is InChI=1S/C12H15N7S/c1-7(2)20-10-6-13-11-14-15-12(17-19(10)11)18-9(4)5-8(3)16-18/h5-7H,1-4H3. The third-order valence-corrected chi connectivity index (χ3v) is 3.65. The number of aromatic nitrogens is 7. The molecule has 3 rings (SSSR count). The van der Waals surface area contributed by atoms with Crippen LogP contribution in [0.3, 0.4) is 0 Å². The first kappa shape index (κ1) is 13.0. The van der Waals surface area contributed by atoms with Gasteiger partial charge in [-0.1, -0.05) is 13.8 Å². The van der Waals surface area contributed by atoms with Gasteiger partial charge in [-0.05, 0) is 19.9 Å². The van der Waals surface area contributed by atoms with E-state index in [-0.39, 0.29) is 0 Å². The summed E-state index contributed by atoms with van der Waals surface area (Å²) in [5.41, 5.74) is 1.90. The summed E-state index contributed by atoms with van der Waals surface area (Å²) in [7, 11) is 0. The van der Waals surface area contributed by atoms with Crippen LogP contribution in [0.5, 0.6) is 0 Å². The predicted molar refractivity (Wildman–Crippen MR) is 76.2 cm³/mol. The highest BCUT2D eigenvalue weighted by Gasteiger charge is 2.13. The van der Waals surface area contributed by atoms with Crippen molar-refractivity contribution in [2.24, 2.45) is 0 Å². The zero-order chi connectivity index (χ0) is 14.3. The number of fused-ring (bicyclic) bond motifs is 1. The van der Waals surface area contributed by atoms with Crippen molar-refractivity contribution in [1.29, 1.82) is 0 Å². The van der Waals surface area contributed by atoms with Gasteiger partial charge in [-0.3, -0.25) is 0 Å². The van der Waals surface area contributed by atoms with E-state index in [1.165, 1.54) is 0 Å². The molecule has 0 N–H and O–H groups in total. The monoisotopic (exact) mass is 289 g/mol. The van der Waals surface area contributed by atoms with Crippen LogP contribution in [0, 0.1) is 13.8 Å². The molecule has 3 aromatic rings. The Labute approximate surface area is 120 Å². The van der Waals surface area contributed by atoms with Crippen molar-refractivity contribution < 1.29 is 0 Å². The molecule has 0 bridgehead atoms. The largest absolute Gasteiger partial charge is 0.287 e. The number of hydrogen-bond acceptors (Lipinski definition) is 6. The molecule has 8 heteroatoms. The van der Waals surface area contributed by atoms with Crippen LogP contribution in [0.1, 0.15) is 25.2 Å². The molecule has 0 aliphatic rings. The maximum absolute atomic E-state index is 4.49. The summed E-state index contributed by atoms with van der Waals surface area (Å²) < 4.78 is 3.40. The van der Waals surface area contributed by atoms with Crippen molar-refractivity contribution >= 4 is 17.5 Å². The van der Waals surface area contributed by atoms with E-state index in [0.29, 0.717) is 17.0 Å². The second-order valence-corrected chi connectivity index (χ2v) is 6.41. The number of thioether (sulfide) groups is 1. The second kappa shape index (κ2) is 4.86. The predicted octanol–water partition coefficient (Wildman–Crippen LogP) is 1.82. The molecule has 7 nitrogen and oxygen atoms in total. The smallest absolute Gasteiger partial charge is 0.215 e. The van der Waals surface area contributed by atoms with Crippen molar-refractivity contribution in [2.45, 2.75) is 38.0 Å². The van der Waals surface area contributed by atoms with Crippen LogP contribution in [0.15, 0.2) is 17.3 Å². The Bertz CT molecular complexity index is 758. The second-order valence-electron chi connectivity index (χ2n) is 4.81. The van der Waals surface area contributed by atoms with Gasteiger partial charge in [0.2, 0.25) is 0 Å². The van der Waals surface area contributed by atoms with E-state index in [9.17, 15) is 0 Å². The van der Waals surface area contributed by atoms with Crippen molar-refractivity contribution in [2.75, 3.05) is 0 Å². The minimum absolute atomic E-state index is 0.446. The lowest BCUT2D eigenvalue weighted by Crippen LogP contribution is -2.10. The zero-order valence-corrected chi connectivity index (χ0v) is 12.6. The fourth-order valence-electron chi connectivity index (χ4n) is 1.92. The normalized spacial score (nSPS) is 11.7. The number of nitrogens with zero attached hydrogens (tertiary/aromatic N) is 7. The lowest BCUT2D eigenvalue weighted by Gasteiger charge is -2.05. The first-order valence-electron chi connectivity index (χ1n) is 6.33. The number of aryl methyl sites for hydroxylation is 2. The molecule has 0 aliphatic heterocycles. The van der Waals surface area contributed by atoms with Crippen LogP contribution in [0.4, 0.5) is 0 Å². The zero-order valence-electron chi connectivity index (χ0n) is 11.8. The quantitative estimate of drug-likeness (QED) is 0.685. The average Bonchev–Trinajstić information content (AvgIpc) is 2.92. The molecule has 0 spiro atoms. The number of imidazole rings is 1. The Kier molecular flexibility index (Phi) is 3.17. The lowest BCUT2D eigenvalue weighted by molar-refractivity contribution is 0.681. The van der Waals surface area contributed by atoms with Crippen LogP contribution < -0.4 is 0 Å². The molecule has 0 saturated carbocycles. The molecule has 0 aliphatic carbocycles. The molecule has 3 heterocycles. The summed E-state index contributed by atoms with van der Waals surface area (Å²) in [4.78, 5) is 4.21. The molecule has 0 fully saturated rings. The Morgan fingerprint density at radius 3 is 2.60 bits per heavy atom. The minimum Gasteiger partial charge on any atom is -0.215 e. The van der Waals surface area contributed by atoms with Gasteiger partial charge >= 0.3 is 0 Å². The van der Waals surface area contributed by atoms with Gasteiger partial charge in [0.15, 0.2) is 0 Å². The minimum atomic E-state index is 0.446. The molecule has 3 aromatic heterocycles. The van der Waals surface area contributed by atoms with Crippen LogP contribution in [0.25, 0.3) is 11.7 Å². The van der Waals surface area contributed by atoms with E-state index in [4.69, 9.17) is 0 Å². The molecule has 104 valence electrons. The van der Waals surface area contributed by atoms with E-state index < -0.39 is 0 Å². The van der Waals surface area contributed by atoms with Gasteiger partial charge in [0, 0.05) is 10.9 Å². The van der Waals surface area contributed by atoms with Gasteiger partial charge in [-0.25, -0.2) is 9.67 Å². The van der Waals surface area contributed by atoms with Gasteiger partial charge in [0.1, 0.15) is 5.03 Å². The molecule has 0 radical (unpaired) electrons. The molecule has 0 aromatic carbocycles. The van der Waals surface area contributed by atoms with E-state index in [1.54, 1.807) is 27.2 Å². The average molecular weight is 289 g/mol. The van der Waals surface area contributed by atoms with Gasteiger partial charge in [-0.2, -0.15) is 9.61 Å². The first-order valence-corrected chi connectivity index (χ1v) is 7.21. The Morgan fingerprint density at radius 2 is 1.95 bits per heavy atom. The van der Waals surface area contributed by atoms with Crippen LogP contribution in [-0.4, -0.2) is 39.8 Å². The maximum Gasteiger partial charge on any atom is 0.287 e. The molecule has 0 atom stereocenters. The lowest BCUT2D eigenvalue weighted by atomic mass is 10.4. The third-order valence-electron chi connectivity index (χ3n) is 2.66. The van der Waals surface area contributed by atoms with Gasteiger partial charge in [0.25, 0.3) is 11.7 Å². The molecule has 0 unspecified atom stereocenters. The van der Waals surface area contributed by atoms with Crippen molar-refractivity contribution in [1.82, 2.24) is 34.6 Å². The Hall–Kier alpha value is -1.96. The summed E-state index contributed by atoms with van der Waals surface area (Å²) in [5, 5.41) is 18.5. The van der Waals surface area contributed by atoms with Crippen LogP contribution >= 0.6 is 11.8 Å². The maximum atomic E-state index is 4.49. The third kappa shape index (κ3) is 2.26. The highest BCUT2D eigenvalue weighted by molar-refractivity contribution is 7.99. The first-order chi connectivity index (χ1) is 9.54. The van der Waals surface area contributed by atoms with E-state index in [0.717, 1.165) is 16.4 Å². The van der Waals surface area contributed by atoms with Gasteiger partial charge in [0.05, 0.1) is 11.9 Å². The Balaban J connectivity index is 2.11. The fourth-order valence-corrected chi connectivity index (χ4v) is 2.74. The summed E-state index contributed by atoms with van der Waals surface area (Å²) in [6.45, 7) is 8.15. The number of hydrogen-bond donors (Lipinski definition) is 0. The molecule has 0 amide bonds. The van der Waals surface area contributed by atoms with E-state index in [1.807, 2.05) is 19.9 Å². The molecule has 20 heavy (non-hydrogen) atoms. The van der Waals surface area contributed by atoms with Crippen molar-refractivity contribution in [3.05, 3.63) is 23.7 Å². The van der Waals surface area contributed by atoms with Crippen molar-refractivity contribution in [3.8, 4) is 5.95 Å². The summed E-state index contributed by atoms with van der Waals surface area (Å²) in [6, 6.07) is 1.98. The highest BCUT2D eigenvalue weighted by Crippen LogP contribution is 2.22. The van der Waals surface area contributed by atoms with Crippen molar-refractivity contribution in [3.63, 3.8) is 0 Å². The fraction of sp³-hybridized carbons (Fsp3) is 0.417. The van der Waals surface area contributed by atoms with Crippen LogP contribution in [-0.2, 0) is 0 Å². The molecule has 0 saturated heterocycles. The van der Waals surface area contributed by atoms with Gasteiger partial charge in [-0.15, -0.1) is 27.1 Å².